The largest absolute Gasteiger partial charge is 0.366 e. The highest BCUT2D eigenvalue weighted by atomic mass is 79.9. The van der Waals surface area contributed by atoms with E-state index in [0.717, 1.165) is 16.7 Å². The predicted molar refractivity (Wildman–Crippen MR) is 51.9 cm³/mol. The highest BCUT2D eigenvalue weighted by Gasteiger charge is 2.33. The van der Waals surface area contributed by atoms with Gasteiger partial charge in [0.15, 0.2) is 0 Å². The van der Waals surface area contributed by atoms with Crippen molar-refractivity contribution in [3.8, 4) is 0 Å². The molecule has 0 spiro atoms. The van der Waals surface area contributed by atoms with E-state index in [4.69, 9.17) is 5.73 Å². The highest BCUT2D eigenvalue weighted by Crippen LogP contribution is 2.23. The van der Waals surface area contributed by atoms with Gasteiger partial charge in [0.05, 0.1) is 0 Å². The van der Waals surface area contributed by atoms with E-state index < -0.39 is 0 Å². The summed E-state index contributed by atoms with van der Waals surface area (Å²) in [6.07, 6.45) is 2.83. The van der Waals surface area contributed by atoms with Crippen molar-refractivity contribution in [1.29, 1.82) is 0 Å². The summed E-state index contributed by atoms with van der Waals surface area (Å²) in [5.41, 5.74) is 5.64. The second-order valence-electron chi connectivity index (χ2n) is 3.01. The summed E-state index contributed by atoms with van der Waals surface area (Å²) in [7, 11) is 0. The number of hydrogen-bond acceptors (Lipinski definition) is 3. The number of rotatable bonds is 2. The topological polar surface area (TPSA) is 50.9 Å². The third-order valence-corrected chi connectivity index (χ3v) is 2.37. The zero-order chi connectivity index (χ0) is 8.55. The molecule has 12 heavy (non-hydrogen) atoms. The molecule has 1 aromatic heterocycles. The van der Waals surface area contributed by atoms with Crippen LogP contribution in [-0.2, 0) is 0 Å². The molecule has 1 aliphatic rings. The maximum Gasteiger partial charge on any atom is 0.126 e. The minimum atomic E-state index is 0.315. The molecule has 0 bridgehead atoms. The van der Waals surface area contributed by atoms with Gasteiger partial charge in [-0.25, -0.2) is 4.98 Å². The Morgan fingerprint density at radius 3 is 2.83 bits per heavy atom. The van der Waals surface area contributed by atoms with Gasteiger partial charge in [-0.05, 0) is 34.5 Å². The minimum Gasteiger partial charge on any atom is -0.366 e. The van der Waals surface area contributed by atoms with Crippen LogP contribution in [0.2, 0.25) is 0 Å². The van der Waals surface area contributed by atoms with Gasteiger partial charge in [-0.15, -0.1) is 0 Å². The van der Waals surface area contributed by atoms with Crippen molar-refractivity contribution in [2.75, 3.05) is 5.32 Å². The van der Waals surface area contributed by atoms with E-state index in [1.54, 1.807) is 6.20 Å². The molecule has 2 unspecified atom stereocenters. The maximum absolute atomic E-state index is 5.64. The molecule has 1 saturated carbocycles. The fourth-order valence-electron chi connectivity index (χ4n) is 1.03. The number of nitrogens with zero attached hydrogens (tertiary/aromatic N) is 1. The van der Waals surface area contributed by atoms with Crippen molar-refractivity contribution in [2.45, 2.75) is 18.5 Å². The number of nitrogens with one attached hydrogen (secondary N) is 1. The molecule has 1 heterocycles. The van der Waals surface area contributed by atoms with Crippen molar-refractivity contribution in [1.82, 2.24) is 4.98 Å². The van der Waals surface area contributed by atoms with Gasteiger partial charge in [-0.1, -0.05) is 0 Å². The van der Waals surface area contributed by atoms with Crippen molar-refractivity contribution in [2.24, 2.45) is 5.73 Å². The molecular weight excluding hydrogens is 218 g/mol. The Morgan fingerprint density at radius 1 is 1.58 bits per heavy atom. The molecule has 0 aliphatic heterocycles. The van der Waals surface area contributed by atoms with E-state index >= 15 is 0 Å². The van der Waals surface area contributed by atoms with Crippen LogP contribution in [0.3, 0.4) is 0 Å². The number of aromatic nitrogens is 1. The quantitative estimate of drug-likeness (QED) is 0.803. The van der Waals surface area contributed by atoms with Crippen molar-refractivity contribution in [3.63, 3.8) is 0 Å². The average Bonchev–Trinajstić information content (AvgIpc) is 2.72. The molecule has 1 aliphatic carbocycles. The van der Waals surface area contributed by atoms with E-state index in [1.165, 1.54) is 0 Å². The van der Waals surface area contributed by atoms with Crippen LogP contribution >= 0.6 is 15.9 Å². The van der Waals surface area contributed by atoms with Crippen LogP contribution in [0.25, 0.3) is 0 Å². The van der Waals surface area contributed by atoms with Crippen molar-refractivity contribution in [3.05, 3.63) is 22.8 Å². The SMILES string of the molecule is NC1CC1Nc1ccc(Br)cn1. The molecule has 4 heteroatoms. The average molecular weight is 228 g/mol. The third kappa shape index (κ3) is 1.76. The number of hydrogen-bond donors (Lipinski definition) is 2. The van der Waals surface area contributed by atoms with E-state index in [-0.39, 0.29) is 0 Å². The lowest BCUT2D eigenvalue weighted by Crippen LogP contribution is -2.13. The summed E-state index contributed by atoms with van der Waals surface area (Å²) < 4.78 is 0.994. The standard InChI is InChI=1S/C8H10BrN3/c9-5-1-2-8(11-4-5)12-7-3-6(7)10/h1-2,4,6-7H,3,10H2,(H,11,12). The lowest BCUT2D eigenvalue weighted by atomic mass is 10.4. The molecular formula is C8H10BrN3. The highest BCUT2D eigenvalue weighted by molar-refractivity contribution is 9.10. The van der Waals surface area contributed by atoms with Gasteiger partial charge in [-0.3, -0.25) is 0 Å². The molecule has 64 valence electrons. The van der Waals surface area contributed by atoms with E-state index in [9.17, 15) is 0 Å². The van der Waals surface area contributed by atoms with Crippen LogP contribution < -0.4 is 11.1 Å². The first-order valence-corrected chi connectivity index (χ1v) is 4.68. The van der Waals surface area contributed by atoms with Crippen LogP contribution in [0, 0.1) is 0 Å². The molecule has 3 N–H and O–H groups in total. The van der Waals surface area contributed by atoms with Crippen LogP contribution in [0.5, 0.6) is 0 Å². The summed E-state index contributed by atoms with van der Waals surface area (Å²) in [6, 6.07) is 4.65. The van der Waals surface area contributed by atoms with Gasteiger partial charge in [0.25, 0.3) is 0 Å². The van der Waals surface area contributed by atoms with Gasteiger partial charge in [0, 0.05) is 22.8 Å². The Hall–Kier alpha value is -0.610. The van der Waals surface area contributed by atoms with Gasteiger partial charge in [0.2, 0.25) is 0 Å². The molecule has 1 fully saturated rings. The minimum absolute atomic E-state index is 0.315. The van der Waals surface area contributed by atoms with E-state index in [0.29, 0.717) is 12.1 Å². The van der Waals surface area contributed by atoms with E-state index in [2.05, 4.69) is 26.2 Å². The summed E-state index contributed by atoms with van der Waals surface area (Å²) in [5, 5.41) is 3.24. The number of halogens is 1. The fraction of sp³-hybridized carbons (Fsp3) is 0.375. The fourth-order valence-corrected chi connectivity index (χ4v) is 1.27. The number of anilines is 1. The smallest absolute Gasteiger partial charge is 0.126 e. The summed E-state index contributed by atoms with van der Waals surface area (Å²) in [4.78, 5) is 4.18. The molecule has 0 saturated heterocycles. The molecule has 2 rings (SSSR count). The molecule has 0 amide bonds. The lowest BCUT2D eigenvalue weighted by molar-refractivity contribution is 0.996. The summed E-state index contributed by atoms with van der Waals surface area (Å²) in [5.74, 6) is 0.899. The Bertz CT molecular complexity index is 272. The monoisotopic (exact) mass is 227 g/mol. The number of nitrogens with two attached hydrogens (primary N) is 1. The van der Waals surface area contributed by atoms with Gasteiger partial charge >= 0.3 is 0 Å². The van der Waals surface area contributed by atoms with Gasteiger partial charge in [0.1, 0.15) is 5.82 Å². The first-order valence-electron chi connectivity index (χ1n) is 3.89. The van der Waals surface area contributed by atoms with Crippen molar-refractivity contribution >= 4 is 21.7 Å². The van der Waals surface area contributed by atoms with Crippen LogP contribution in [0.1, 0.15) is 6.42 Å². The van der Waals surface area contributed by atoms with Crippen LogP contribution in [-0.4, -0.2) is 17.1 Å². The first-order chi connectivity index (χ1) is 5.75. The second-order valence-corrected chi connectivity index (χ2v) is 3.93. The third-order valence-electron chi connectivity index (χ3n) is 1.90. The van der Waals surface area contributed by atoms with Crippen LogP contribution in [0.4, 0.5) is 5.82 Å². The number of pyridine rings is 1. The molecule has 2 atom stereocenters. The van der Waals surface area contributed by atoms with Gasteiger partial charge in [-0.2, -0.15) is 0 Å². The van der Waals surface area contributed by atoms with Crippen molar-refractivity contribution < 1.29 is 0 Å². The molecule has 0 radical (unpaired) electrons. The Labute approximate surface area is 79.5 Å². The molecule has 3 nitrogen and oxygen atoms in total. The van der Waals surface area contributed by atoms with Gasteiger partial charge < -0.3 is 11.1 Å². The first kappa shape index (κ1) is 8.01. The predicted octanol–water partition coefficient (Wildman–Crippen LogP) is 1.36. The maximum atomic E-state index is 5.64. The Kier molecular flexibility index (Phi) is 2.02. The Balaban J connectivity index is 2.00. The summed E-state index contributed by atoms with van der Waals surface area (Å²) >= 11 is 3.32. The lowest BCUT2D eigenvalue weighted by Gasteiger charge is -2.02. The second kappa shape index (κ2) is 3.03. The zero-order valence-corrected chi connectivity index (χ0v) is 8.08. The molecule has 1 aromatic rings. The normalized spacial score (nSPS) is 26.8. The Morgan fingerprint density at radius 2 is 2.33 bits per heavy atom. The van der Waals surface area contributed by atoms with E-state index in [1.807, 2.05) is 12.1 Å². The zero-order valence-electron chi connectivity index (χ0n) is 6.50. The molecule has 0 aromatic carbocycles. The van der Waals surface area contributed by atoms with Crippen LogP contribution in [0.15, 0.2) is 22.8 Å². The summed E-state index contributed by atoms with van der Waals surface area (Å²) in [6.45, 7) is 0.